The molecule has 0 N–H and O–H groups in total. The summed E-state index contributed by atoms with van der Waals surface area (Å²) in [7, 11) is 0. The van der Waals surface area contributed by atoms with Gasteiger partial charge in [0.1, 0.15) is 0 Å². The Labute approximate surface area is 95.7 Å². The third kappa shape index (κ3) is 5.72. The Morgan fingerprint density at radius 2 is 1.67 bits per heavy atom. The predicted molar refractivity (Wildman–Crippen MR) is 61.0 cm³/mol. The third-order valence-electron chi connectivity index (χ3n) is 1.79. The summed E-state index contributed by atoms with van der Waals surface area (Å²) in [5, 5.41) is -0.462. The number of hydrogen-bond acceptors (Lipinski definition) is 3. The van der Waals surface area contributed by atoms with Gasteiger partial charge in [0, 0.05) is 0 Å². The van der Waals surface area contributed by atoms with E-state index in [0.717, 1.165) is 0 Å². The van der Waals surface area contributed by atoms with Crippen LogP contribution in [0.2, 0.25) is 0 Å². The first-order valence-corrected chi connectivity index (χ1v) is 5.02. The van der Waals surface area contributed by atoms with E-state index in [4.69, 9.17) is 21.1 Å². The SMILES string of the molecule is C=CCOCC(C)(COCC=C)C(=O)Cl. The first-order chi connectivity index (χ1) is 7.06. The lowest BCUT2D eigenvalue weighted by Gasteiger charge is -2.24. The highest BCUT2D eigenvalue weighted by molar-refractivity contribution is 6.64. The van der Waals surface area contributed by atoms with E-state index in [2.05, 4.69) is 13.2 Å². The molecule has 0 amide bonds. The summed E-state index contributed by atoms with van der Waals surface area (Å²) in [6, 6.07) is 0. The largest absolute Gasteiger partial charge is 0.376 e. The van der Waals surface area contributed by atoms with Crippen molar-refractivity contribution < 1.29 is 14.3 Å². The van der Waals surface area contributed by atoms with Gasteiger partial charge in [0.25, 0.3) is 0 Å². The van der Waals surface area contributed by atoms with Gasteiger partial charge in [0.05, 0.1) is 31.8 Å². The van der Waals surface area contributed by atoms with Crippen LogP contribution >= 0.6 is 11.6 Å². The molecule has 0 saturated heterocycles. The molecule has 0 aliphatic heterocycles. The molecule has 15 heavy (non-hydrogen) atoms. The van der Waals surface area contributed by atoms with Gasteiger partial charge in [0.2, 0.25) is 5.24 Å². The predicted octanol–water partition coefficient (Wildman–Crippen LogP) is 2.16. The molecule has 0 radical (unpaired) electrons. The van der Waals surface area contributed by atoms with Crippen molar-refractivity contribution in [1.29, 1.82) is 0 Å². The lowest BCUT2D eigenvalue weighted by Crippen LogP contribution is -2.35. The normalized spacial score (nSPS) is 11.1. The van der Waals surface area contributed by atoms with E-state index in [0.29, 0.717) is 13.2 Å². The summed E-state index contributed by atoms with van der Waals surface area (Å²) < 4.78 is 10.4. The molecule has 0 bridgehead atoms. The van der Waals surface area contributed by atoms with E-state index in [1.165, 1.54) is 0 Å². The number of carbonyl (C=O) groups is 1. The van der Waals surface area contributed by atoms with Crippen molar-refractivity contribution in [3.05, 3.63) is 25.3 Å². The van der Waals surface area contributed by atoms with Crippen LogP contribution in [0.15, 0.2) is 25.3 Å². The zero-order valence-corrected chi connectivity index (χ0v) is 9.76. The van der Waals surface area contributed by atoms with Gasteiger partial charge >= 0.3 is 0 Å². The number of carbonyl (C=O) groups excluding carboxylic acids is 1. The average molecular weight is 233 g/mol. The molecule has 0 aliphatic carbocycles. The molecule has 0 aromatic carbocycles. The summed E-state index contributed by atoms with van der Waals surface area (Å²) >= 11 is 5.49. The van der Waals surface area contributed by atoms with E-state index in [9.17, 15) is 4.79 Å². The molecule has 4 heteroatoms. The van der Waals surface area contributed by atoms with Crippen molar-refractivity contribution in [2.24, 2.45) is 5.41 Å². The second-order valence-corrected chi connectivity index (χ2v) is 3.79. The van der Waals surface area contributed by atoms with Gasteiger partial charge < -0.3 is 9.47 Å². The average Bonchev–Trinajstić information content (AvgIpc) is 2.18. The standard InChI is InChI=1S/C11H17ClO3/c1-4-6-14-8-11(3,10(12)13)9-15-7-5-2/h4-5H,1-2,6-9H2,3H3. The van der Waals surface area contributed by atoms with Crippen LogP contribution in [0.25, 0.3) is 0 Å². The van der Waals surface area contributed by atoms with Crippen LogP contribution in [-0.4, -0.2) is 31.7 Å². The van der Waals surface area contributed by atoms with Gasteiger partial charge in [-0.2, -0.15) is 0 Å². The second kappa shape index (κ2) is 7.63. The monoisotopic (exact) mass is 232 g/mol. The maximum absolute atomic E-state index is 11.2. The second-order valence-electron chi connectivity index (χ2n) is 3.44. The Morgan fingerprint density at radius 3 is 1.93 bits per heavy atom. The van der Waals surface area contributed by atoms with Crippen LogP contribution in [0, 0.1) is 5.41 Å². The Balaban J connectivity index is 4.12. The van der Waals surface area contributed by atoms with E-state index in [1.807, 2.05) is 0 Å². The first-order valence-electron chi connectivity index (χ1n) is 4.64. The molecule has 0 aliphatic rings. The van der Waals surface area contributed by atoms with Crippen molar-refractivity contribution in [2.45, 2.75) is 6.92 Å². The quantitative estimate of drug-likeness (QED) is 0.347. The lowest BCUT2D eigenvalue weighted by molar-refractivity contribution is -0.126. The molecule has 0 atom stereocenters. The summed E-state index contributed by atoms with van der Waals surface area (Å²) in [6.45, 7) is 9.95. The molecule has 0 aromatic heterocycles. The number of rotatable bonds is 9. The van der Waals surface area contributed by atoms with Gasteiger partial charge in [-0.15, -0.1) is 13.2 Å². The molecule has 86 valence electrons. The molecule has 0 spiro atoms. The van der Waals surface area contributed by atoms with Crippen LogP contribution in [0.3, 0.4) is 0 Å². The van der Waals surface area contributed by atoms with Gasteiger partial charge in [-0.05, 0) is 18.5 Å². The lowest BCUT2D eigenvalue weighted by atomic mass is 9.95. The molecule has 0 unspecified atom stereocenters. The molecular formula is C11H17ClO3. The highest BCUT2D eigenvalue weighted by Gasteiger charge is 2.32. The van der Waals surface area contributed by atoms with Crippen molar-refractivity contribution in [2.75, 3.05) is 26.4 Å². The van der Waals surface area contributed by atoms with Crippen molar-refractivity contribution >= 4 is 16.8 Å². The summed E-state index contributed by atoms with van der Waals surface area (Å²) in [6.07, 6.45) is 3.23. The zero-order chi connectivity index (χ0) is 11.7. The topological polar surface area (TPSA) is 35.5 Å². The van der Waals surface area contributed by atoms with Crippen LogP contribution in [0.1, 0.15) is 6.92 Å². The molecule has 3 nitrogen and oxygen atoms in total. The highest BCUT2D eigenvalue weighted by atomic mass is 35.5. The van der Waals surface area contributed by atoms with Crippen LogP contribution in [0.4, 0.5) is 0 Å². The smallest absolute Gasteiger partial charge is 0.232 e. The van der Waals surface area contributed by atoms with Crippen LogP contribution in [0.5, 0.6) is 0 Å². The van der Waals surface area contributed by atoms with Crippen molar-refractivity contribution in [3.8, 4) is 0 Å². The Hall–Kier alpha value is -0.640. The zero-order valence-electron chi connectivity index (χ0n) is 9.00. The maximum atomic E-state index is 11.2. The summed E-state index contributed by atoms with van der Waals surface area (Å²) in [5.41, 5.74) is -0.812. The van der Waals surface area contributed by atoms with E-state index < -0.39 is 10.7 Å². The molecule has 0 aromatic rings. The number of hydrogen-bond donors (Lipinski definition) is 0. The molecule has 0 rings (SSSR count). The van der Waals surface area contributed by atoms with Crippen molar-refractivity contribution in [3.63, 3.8) is 0 Å². The van der Waals surface area contributed by atoms with Gasteiger partial charge in [0.15, 0.2) is 0 Å². The summed E-state index contributed by atoms with van der Waals surface area (Å²) in [5.74, 6) is 0. The van der Waals surface area contributed by atoms with E-state index in [1.54, 1.807) is 19.1 Å². The highest BCUT2D eigenvalue weighted by Crippen LogP contribution is 2.21. The van der Waals surface area contributed by atoms with Crippen molar-refractivity contribution in [1.82, 2.24) is 0 Å². The fourth-order valence-electron chi connectivity index (χ4n) is 0.890. The molecule has 0 saturated carbocycles. The first kappa shape index (κ1) is 14.4. The van der Waals surface area contributed by atoms with Gasteiger partial charge in [-0.1, -0.05) is 12.2 Å². The number of ether oxygens (including phenoxy) is 2. The molecular weight excluding hydrogens is 216 g/mol. The summed E-state index contributed by atoms with van der Waals surface area (Å²) in [4.78, 5) is 11.2. The van der Waals surface area contributed by atoms with Gasteiger partial charge in [-0.3, -0.25) is 4.79 Å². The minimum Gasteiger partial charge on any atom is -0.376 e. The fourth-order valence-corrected chi connectivity index (χ4v) is 0.999. The minimum absolute atomic E-state index is 0.221. The Kier molecular flexibility index (Phi) is 7.30. The molecule has 0 heterocycles. The Bertz CT molecular complexity index is 212. The minimum atomic E-state index is -0.812. The fraction of sp³-hybridized carbons (Fsp3) is 0.545. The molecule has 0 fully saturated rings. The van der Waals surface area contributed by atoms with E-state index in [-0.39, 0.29) is 13.2 Å². The Morgan fingerprint density at radius 1 is 1.27 bits per heavy atom. The van der Waals surface area contributed by atoms with Crippen LogP contribution in [-0.2, 0) is 14.3 Å². The number of halogens is 1. The third-order valence-corrected chi connectivity index (χ3v) is 2.24. The maximum Gasteiger partial charge on any atom is 0.232 e. The van der Waals surface area contributed by atoms with Crippen LogP contribution < -0.4 is 0 Å². The van der Waals surface area contributed by atoms with E-state index >= 15 is 0 Å². The van der Waals surface area contributed by atoms with Gasteiger partial charge in [-0.25, -0.2) is 0 Å².